The highest BCUT2D eigenvalue weighted by Crippen LogP contribution is 2.42. The fraction of sp³-hybridized carbons (Fsp3) is 0.480. The highest BCUT2D eigenvalue weighted by Gasteiger charge is 2.39. The molecule has 0 spiro atoms. The molecule has 160 valence electrons. The summed E-state index contributed by atoms with van der Waals surface area (Å²) in [6.45, 7) is 8.72. The zero-order valence-corrected chi connectivity index (χ0v) is 18.0. The number of hydrogen-bond acceptors (Lipinski definition) is 4. The average Bonchev–Trinajstić information content (AvgIpc) is 2.80. The van der Waals surface area contributed by atoms with Gasteiger partial charge in [-0.05, 0) is 36.6 Å². The summed E-state index contributed by atoms with van der Waals surface area (Å²) in [6, 6.07) is 16.0. The predicted molar refractivity (Wildman–Crippen MR) is 118 cm³/mol. The van der Waals surface area contributed by atoms with Crippen LogP contribution in [-0.2, 0) is 11.3 Å². The summed E-state index contributed by atoms with van der Waals surface area (Å²) in [5, 5.41) is 3.27. The van der Waals surface area contributed by atoms with Gasteiger partial charge in [0, 0.05) is 37.2 Å². The van der Waals surface area contributed by atoms with E-state index in [1.165, 1.54) is 5.56 Å². The molecule has 2 heterocycles. The molecule has 1 saturated heterocycles. The van der Waals surface area contributed by atoms with Gasteiger partial charge in [0.2, 0.25) is 0 Å². The molecule has 2 aliphatic heterocycles. The van der Waals surface area contributed by atoms with Crippen molar-refractivity contribution >= 4 is 5.91 Å². The molecule has 4 rings (SSSR count). The van der Waals surface area contributed by atoms with Gasteiger partial charge in [0.05, 0.1) is 19.3 Å². The molecule has 0 saturated carbocycles. The van der Waals surface area contributed by atoms with Crippen LogP contribution in [0, 0.1) is 0 Å². The molecule has 0 aliphatic carbocycles. The molecule has 2 aromatic carbocycles. The summed E-state index contributed by atoms with van der Waals surface area (Å²) in [7, 11) is 0. The second-order valence-corrected chi connectivity index (χ2v) is 8.35. The van der Waals surface area contributed by atoms with Gasteiger partial charge in [-0.2, -0.15) is 0 Å². The molecule has 0 aromatic heterocycles. The Morgan fingerprint density at radius 3 is 2.47 bits per heavy atom. The number of carbonyl (C=O) groups excluding carboxylic acids is 1. The molecule has 0 radical (unpaired) electrons. The number of carbonyl (C=O) groups is 1. The minimum Gasteiger partial charge on any atom is -0.487 e. The van der Waals surface area contributed by atoms with E-state index in [4.69, 9.17) is 9.47 Å². The summed E-state index contributed by atoms with van der Waals surface area (Å²) in [4.78, 5) is 15.4. The van der Waals surface area contributed by atoms with Crippen LogP contribution in [0.5, 0.6) is 5.75 Å². The number of benzene rings is 2. The number of morpholine rings is 1. The van der Waals surface area contributed by atoms with Gasteiger partial charge >= 0.3 is 0 Å². The fourth-order valence-electron chi connectivity index (χ4n) is 4.45. The third-order valence-electron chi connectivity index (χ3n) is 6.52. The Balaban J connectivity index is 1.46. The topological polar surface area (TPSA) is 50.8 Å². The van der Waals surface area contributed by atoms with Crippen molar-refractivity contribution in [1.29, 1.82) is 0 Å². The lowest BCUT2D eigenvalue weighted by atomic mass is 9.83. The van der Waals surface area contributed by atoms with E-state index in [0.29, 0.717) is 5.56 Å². The number of nitrogens with one attached hydrogen (secondary N) is 1. The molecule has 1 unspecified atom stereocenters. The first-order chi connectivity index (χ1) is 14.6. The van der Waals surface area contributed by atoms with Gasteiger partial charge in [-0.1, -0.05) is 44.2 Å². The van der Waals surface area contributed by atoms with Crippen LogP contribution in [0.1, 0.15) is 60.6 Å². The highest BCUT2D eigenvalue weighted by molar-refractivity contribution is 5.94. The molecule has 1 amide bonds. The Morgan fingerprint density at radius 1 is 1.07 bits per heavy atom. The maximum absolute atomic E-state index is 13.0. The second-order valence-electron chi connectivity index (χ2n) is 8.35. The van der Waals surface area contributed by atoms with Crippen molar-refractivity contribution in [2.45, 2.75) is 51.3 Å². The quantitative estimate of drug-likeness (QED) is 0.773. The number of hydrogen-bond donors (Lipinski definition) is 1. The molecule has 5 heteroatoms. The Morgan fingerprint density at radius 2 is 1.77 bits per heavy atom. The second kappa shape index (κ2) is 9.19. The van der Waals surface area contributed by atoms with E-state index in [1.54, 1.807) is 0 Å². The lowest BCUT2D eigenvalue weighted by Crippen LogP contribution is -2.44. The molecular weight excluding hydrogens is 376 g/mol. The molecule has 1 fully saturated rings. The maximum atomic E-state index is 13.0. The maximum Gasteiger partial charge on any atom is 0.251 e. The van der Waals surface area contributed by atoms with Crippen molar-refractivity contribution < 1.29 is 14.3 Å². The standard InChI is InChI=1S/C25H32N2O3/c1-3-25(4-2)17-22(21-7-5-6-8-23(21)30-25)26-24(28)20-11-9-19(10-12-20)18-27-13-15-29-16-14-27/h5-12,22H,3-4,13-18H2,1-2H3,(H,26,28). The van der Waals surface area contributed by atoms with Crippen LogP contribution in [-0.4, -0.2) is 42.7 Å². The van der Waals surface area contributed by atoms with E-state index in [9.17, 15) is 4.79 Å². The van der Waals surface area contributed by atoms with E-state index in [0.717, 1.165) is 63.4 Å². The van der Waals surface area contributed by atoms with Crippen LogP contribution in [0.25, 0.3) is 0 Å². The number of fused-ring (bicyclic) bond motifs is 1. The van der Waals surface area contributed by atoms with Gasteiger partial charge in [-0.15, -0.1) is 0 Å². The van der Waals surface area contributed by atoms with Gasteiger partial charge < -0.3 is 14.8 Å². The number of nitrogens with zero attached hydrogens (tertiary/aromatic N) is 1. The normalized spacial score (nSPS) is 20.8. The van der Waals surface area contributed by atoms with Crippen molar-refractivity contribution in [3.63, 3.8) is 0 Å². The molecule has 0 bridgehead atoms. The molecular formula is C25H32N2O3. The largest absolute Gasteiger partial charge is 0.487 e. The zero-order chi connectivity index (χ0) is 21.0. The van der Waals surface area contributed by atoms with Crippen molar-refractivity contribution in [1.82, 2.24) is 10.2 Å². The minimum atomic E-state index is -0.228. The van der Waals surface area contributed by atoms with Crippen LogP contribution < -0.4 is 10.1 Å². The monoisotopic (exact) mass is 408 g/mol. The van der Waals surface area contributed by atoms with E-state index in [-0.39, 0.29) is 17.6 Å². The van der Waals surface area contributed by atoms with Gasteiger partial charge in [-0.3, -0.25) is 9.69 Å². The Labute approximate surface area is 179 Å². The fourth-order valence-corrected chi connectivity index (χ4v) is 4.45. The summed E-state index contributed by atoms with van der Waals surface area (Å²) >= 11 is 0. The van der Waals surface area contributed by atoms with Crippen LogP contribution in [0.2, 0.25) is 0 Å². The Bertz CT molecular complexity index is 855. The van der Waals surface area contributed by atoms with Crippen LogP contribution in [0.4, 0.5) is 0 Å². The van der Waals surface area contributed by atoms with Crippen molar-refractivity contribution in [2.75, 3.05) is 26.3 Å². The first-order valence-electron chi connectivity index (χ1n) is 11.1. The lowest BCUT2D eigenvalue weighted by Gasteiger charge is -2.41. The molecule has 1 N–H and O–H groups in total. The van der Waals surface area contributed by atoms with Crippen LogP contribution in [0.15, 0.2) is 48.5 Å². The lowest BCUT2D eigenvalue weighted by molar-refractivity contribution is 0.0227. The van der Waals surface area contributed by atoms with Crippen molar-refractivity contribution in [3.8, 4) is 5.75 Å². The number of rotatable bonds is 6. The summed E-state index contributed by atoms with van der Waals surface area (Å²) in [5.74, 6) is 0.856. The smallest absolute Gasteiger partial charge is 0.251 e. The molecule has 2 aromatic rings. The highest BCUT2D eigenvalue weighted by atomic mass is 16.5. The van der Waals surface area contributed by atoms with Crippen LogP contribution >= 0.6 is 0 Å². The third-order valence-corrected chi connectivity index (χ3v) is 6.52. The number of ether oxygens (including phenoxy) is 2. The zero-order valence-electron chi connectivity index (χ0n) is 18.0. The third kappa shape index (κ3) is 4.52. The predicted octanol–water partition coefficient (Wildman–Crippen LogP) is 4.33. The van der Waals surface area contributed by atoms with E-state index in [2.05, 4.69) is 42.3 Å². The van der Waals surface area contributed by atoms with Crippen molar-refractivity contribution in [2.24, 2.45) is 0 Å². The number of amides is 1. The van der Waals surface area contributed by atoms with Gasteiger partial charge in [0.25, 0.3) is 5.91 Å². The van der Waals surface area contributed by atoms with Crippen LogP contribution in [0.3, 0.4) is 0 Å². The Hall–Kier alpha value is -2.37. The minimum absolute atomic E-state index is 0.0317. The number of para-hydroxylation sites is 1. The van der Waals surface area contributed by atoms with Gasteiger partial charge in [0.15, 0.2) is 0 Å². The van der Waals surface area contributed by atoms with Gasteiger partial charge in [-0.25, -0.2) is 0 Å². The molecule has 5 nitrogen and oxygen atoms in total. The first-order valence-corrected chi connectivity index (χ1v) is 11.1. The summed E-state index contributed by atoms with van der Waals surface area (Å²) in [5.41, 5.74) is 2.75. The van der Waals surface area contributed by atoms with Crippen molar-refractivity contribution in [3.05, 3.63) is 65.2 Å². The van der Waals surface area contributed by atoms with Gasteiger partial charge in [0.1, 0.15) is 11.4 Å². The first kappa shape index (κ1) is 20.9. The molecule has 2 aliphatic rings. The van der Waals surface area contributed by atoms with E-state index in [1.807, 2.05) is 30.3 Å². The summed E-state index contributed by atoms with van der Waals surface area (Å²) in [6.07, 6.45) is 2.62. The Kier molecular flexibility index (Phi) is 6.40. The SMILES string of the molecule is CCC1(CC)CC(NC(=O)c2ccc(CN3CCOCC3)cc2)c2ccccc2O1. The van der Waals surface area contributed by atoms with E-state index < -0.39 is 0 Å². The molecule has 1 atom stereocenters. The molecule has 30 heavy (non-hydrogen) atoms. The average molecular weight is 409 g/mol. The van der Waals surface area contributed by atoms with E-state index >= 15 is 0 Å². The summed E-state index contributed by atoms with van der Waals surface area (Å²) < 4.78 is 11.8.